The van der Waals surface area contributed by atoms with Gasteiger partial charge in [0.05, 0.1) is 22.8 Å². The SMILES string of the molecule is C=Cc1ccccc1NC(=O)c1ccc(S(=O)(=O)NC(=O)c2ccc(CO)nc2)cc1. The molecule has 0 radical (unpaired) electrons. The summed E-state index contributed by atoms with van der Waals surface area (Å²) in [5, 5.41) is 11.7. The van der Waals surface area contributed by atoms with Gasteiger partial charge in [-0.05, 0) is 48.0 Å². The van der Waals surface area contributed by atoms with Gasteiger partial charge in [0, 0.05) is 17.4 Å². The van der Waals surface area contributed by atoms with Crippen molar-refractivity contribution in [2.75, 3.05) is 5.32 Å². The first-order valence-corrected chi connectivity index (χ1v) is 10.6. The van der Waals surface area contributed by atoms with E-state index in [1.807, 2.05) is 10.8 Å². The van der Waals surface area contributed by atoms with E-state index in [0.717, 1.165) is 5.56 Å². The van der Waals surface area contributed by atoms with Crippen molar-refractivity contribution in [3.8, 4) is 0 Å². The van der Waals surface area contributed by atoms with Crippen LogP contribution in [-0.4, -0.2) is 30.3 Å². The van der Waals surface area contributed by atoms with Crippen LogP contribution in [0.2, 0.25) is 0 Å². The first kappa shape index (κ1) is 21.9. The van der Waals surface area contributed by atoms with Gasteiger partial charge in [-0.2, -0.15) is 0 Å². The Labute approximate surface area is 179 Å². The fourth-order valence-electron chi connectivity index (χ4n) is 2.66. The second-order valence-electron chi connectivity index (χ2n) is 6.40. The molecule has 0 saturated carbocycles. The fraction of sp³-hybridized carbons (Fsp3) is 0.0455. The van der Waals surface area contributed by atoms with Crippen molar-refractivity contribution < 1.29 is 23.1 Å². The van der Waals surface area contributed by atoms with Gasteiger partial charge in [0.25, 0.3) is 21.8 Å². The van der Waals surface area contributed by atoms with Gasteiger partial charge in [0.15, 0.2) is 0 Å². The maximum absolute atomic E-state index is 12.5. The van der Waals surface area contributed by atoms with E-state index < -0.39 is 21.8 Å². The normalized spacial score (nSPS) is 10.9. The lowest BCUT2D eigenvalue weighted by molar-refractivity contribution is 0.0979. The number of hydrogen-bond acceptors (Lipinski definition) is 6. The number of pyridine rings is 1. The Morgan fingerprint density at radius 1 is 0.968 bits per heavy atom. The highest BCUT2D eigenvalue weighted by Crippen LogP contribution is 2.18. The molecule has 0 bridgehead atoms. The van der Waals surface area contributed by atoms with E-state index >= 15 is 0 Å². The fourth-order valence-corrected chi connectivity index (χ4v) is 3.64. The quantitative estimate of drug-likeness (QED) is 0.522. The van der Waals surface area contributed by atoms with Crippen LogP contribution < -0.4 is 10.0 Å². The van der Waals surface area contributed by atoms with Crippen LogP contribution >= 0.6 is 0 Å². The molecular weight excluding hydrogens is 418 g/mol. The first-order chi connectivity index (χ1) is 14.8. The van der Waals surface area contributed by atoms with Crippen molar-refractivity contribution in [3.63, 3.8) is 0 Å². The Morgan fingerprint density at radius 3 is 2.26 bits per heavy atom. The van der Waals surface area contributed by atoms with Crippen LogP contribution in [0.25, 0.3) is 6.08 Å². The summed E-state index contributed by atoms with van der Waals surface area (Å²) in [6, 6.07) is 15.1. The largest absolute Gasteiger partial charge is 0.390 e. The predicted octanol–water partition coefficient (Wildman–Crippen LogP) is 2.59. The highest BCUT2D eigenvalue weighted by atomic mass is 32.2. The number of aliphatic hydroxyl groups is 1. The second-order valence-corrected chi connectivity index (χ2v) is 8.08. The Balaban J connectivity index is 1.72. The highest BCUT2D eigenvalue weighted by Gasteiger charge is 2.19. The summed E-state index contributed by atoms with van der Waals surface area (Å²) in [7, 11) is -4.16. The van der Waals surface area contributed by atoms with Crippen molar-refractivity contribution in [1.29, 1.82) is 0 Å². The average Bonchev–Trinajstić information content (AvgIpc) is 2.79. The molecule has 1 heterocycles. The van der Waals surface area contributed by atoms with Crippen LogP contribution in [0, 0.1) is 0 Å². The number of nitrogens with one attached hydrogen (secondary N) is 2. The summed E-state index contributed by atoms with van der Waals surface area (Å²) in [5.41, 5.74) is 1.95. The molecule has 0 spiro atoms. The Morgan fingerprint density at radius 2 is 1.65 bits per heavy atom. The third-order valence-corrected chi connectivity index (χ3v) is 5.68. The first-order valence-electron chi connectivity index (χ1n) is 9.10. The van der Waals surface area contributed by atoms with Crippen LogP contribution in [0.3, 0.4) is 0 Å². The Kier molecular flexibility index (Phi) is 6.58. The Hall–Kier alpha value is -3.82. The summed E-state index contributed by atoms with van der Waals surface area (Å²) in [6.07, 6.45) is 2.78. The zero-order valence-electron chi connectivity index (χ0n) is 16.3. The van der Waals surface area contributed by atoms with Crippen molar-refractivity contribution in [1.82, 2.24) is 9.71 Å². The molecule has 3 aromatic rings. The van der Waals surface area contributed by atoms with E-state index in [9.17, 15) is 18.0 Å². The number of carbonyl (C=O) groups is 2. The van der Waals surface area contributed by atoms with Gasteiger partial charge < -0.3 is 10.4 Å². The molecule has 2 amide bonds. The molecule has 3 N–H and O–H groups in total. The number of benzene rings is 2. The minimum atomic E-state index is -4.16. The van der Waals surface area contributed by atoms with Gasteiger partial charge in [-0.1, -0.05) is 30.9 Å². The molecule has 158 valence electrons. The maximum Gasteiger partial charge on any atom is 0.266 e. The summed E-state index contributed by atoms with van der Waals surface area (Å²) in [6.45, 7) is 3.40. The number of anilines is 1. The van der Waals surface area contributed by atoms with Crippen molar-refractivity contribution >= 4 is 33.6 Å². The summed E-state index contributed by atoms with van der Waals surface area (Å²) < 4.78 is 26.9. The number of nitrogens with zero attached hydrogens (tertiary/aromatic N) is 1. The third-order valence-electron chi connectivity index (χ3n) is 4.33. The molecule has 0 aliphatic heterocycles. The van der Waals surface area contributed by atoms with Crippen LogP contribution in [0.15, 0.2) is 78.3 Å². The molecule has 2 aromatic carbocycles. The number of rotatable bonds is 7. The number of sulfonamides is 1. The minimum absolute atomic E-state index is 0.0256. The van der Waals surface area contributed by atoms with E-state index in [0.29, 0.717) is 11.4 Å². The lowest BCUT2D eigenvalue weighted by Crippen LogP contribution is -2.30. The molecule has 31 heavy (non-hydrogen) atoms. The number of amides is 2. The highest BCUT2D eigenvalue weighted by molar-refractivity contribution is 7.90. The van der Waals surface area contributed by atoms with E-state index in [1.165, 1.54) is 42.6 Å². The second kappa shape index (κ2) is 9.33. The number of aromatic nitrogens is 1. The monoisotopic (exact) mass is 437 g/mol. The van der Waals surface area contributed by atoms with Crippen molar-refractivity contribution in [3.05, 3.63) is 95.8 Å². The summed E-state index contributed by atoms with van der Waals surface area (Å²) >= 11 is 0. The van der Waals surface area contributed by atoms with Crippen LogP contribution in [-0.2, 0) is 16.6 Å². The van der Waals surface area contributed by atoms with Crippen molar-refractivity contribution in [2.45, 2.75) is 11.5 Å². The van der Waals surface area contributed by atoms with Crippen LogP contribution in [0.4, 0.5) is 5.69 Å². The van der Waals surface area contributed by atoms with E-state index in [-0.39, 0.29) is 22.6 Å². The zero-order valence-corrected chi connectivity index (χ0v) is 17.1. The van der Waals surface area contributed by atoms with Crippen LogP contribution in [0.5, 0.6) is 0 Å². The lowest BCUT2D eigenvalue weighted by atomic mass is 10.1. The van der Waals surface area contributed by atoms with Gasteiger partial charge >= 0.3 is 0 Å². The van der Waals surface area contributed by atoms with Crippen molar-refractivity contribution in [2.24, 2.45) is 0 Å². The van der Waals surface area contributed by atoms with Gasteiger partial charge in [-0.15, -0.1) is 0 Å². The number of para-hydroxylation sites is 1. The molecule has 8 nitrogen and oxygen atoms in total. The molecular formula is C22H19N3O5S. The maximum atomic E-state index is 12.5. The smallest absolute Gasteiger partial charge is 0.266 e. The van der Waals surface area contributed by atoms with Crippen LogP contribution in [0.1, 0.15) is 32.0 Å². The molecule has 1 aromatic heterocycles. The van der Waals surface area contributed by atoms with Gasteiger partial charge in [-0.25, -0.2) is 13.1 Å². The molecule has 0 unspecified atom stereocenters. The van der Waals surface area contributed by atoms with E-state index in [4.69, 9.17) is 5.11 Å². The molecule has 0 aliphatic carbocycles. The molecule has 0 saturated heterocycles. The summed E-state index contributed by atoms with van der Waals surface area (Å²) in [4.78, 5) is 28.3. The van der Waals surface area contributed by atoms with E-state index in [2.05, 4.69) is 16.9 Å². The van der Waals surface area contributed by atoms with Gasteiger partial charge in [0.1, 0.15) is 0 Å². The zero-order chi connectivity index (χ0) is 22.4. The minimum Gasteiger partial charge on any atom is -0.390 e. The van der Waals surface area contributed by atoms with E-state index in [1.54, 1.807) is 24.3 Å². The van der Waals surface area contributed by atoms with Gasteiger partial charge in [-0.3, -0.25) is 14.6 Å². The number of aliphatic hydroxyl groups excluding tert-OH is 1. The lowest BCUT2D eigenvalue weighted by Gasteiger charge is -2.10. The standard InChI is InChI=1S/C22H19N3O5S/c1-2-15-5-3-4-6-20(15)24-21(27)16-8-11-19(12-9-16)31(29,30)25-22(28)17-7-10-18(14-26)23-13-17/h2-13,26H,1,14H2,(H,24,27)(H,25,28). The molecule has 0 atom stereocenters. The number of carbonyl (C=O) groups excluding carboxylic acids is 2. The topological polar surface area (TPSA) is 125 Å². The molecule has 0 fully saturated rings. The number of hydrogen-bond donors (Lipinski definition) is 3. The summed E-state index contributed by atoms with van der Waals surface area (Å²) in [5.74, 6) is -1.28. The van der Waals surface area contributed by atoms with Gasteiger partial charge in [0.2, 0.25) is 0 Å². The Bertz CT molecular complexity index is 1220. The molecule has 3 rings (SSSR count). The molecule has 0 aliphatic rings. The predicted molar refractivity (Wildman–Crippen MR) is 116 cm³/mol. The third kappa shape index (κ3) is 5.21. The molecule has 9 heteroatoms. The average molecular weight is 437 g/mol.